The zero-order valence-corrected chi connectivity index (χ0v) is 15.3. The molecule has 4 N–H and O–H groups in total. The van der Waals surface area contributed by atoms with Crippen LogP contribution in [-0.4, -0.2) is 30.5 Å². The van der Waals surface area contributed by atoms with Gasteiger partial charge in [-0.1, -0.05) is 6.42 Å². The summed E-state index contributed by atoms with van der Waals surface area (Å²) in [7, 11) is 1.52. The quantitative estimate of drug-likeness (QED) is 0.727. The molecular weight excluding hydrogens is 344 g/mol. The van der Waals surface area contributed by atoms with Crippen molar-refractivity contribution in [2.24, 2.45) is 17.6 Å². The molecule has 1 aromatic carbocycles. The number of nitrogens with one attached hydrogen (secondary N) is 2. The highest BCUT2D eigenvalue weighted by molar-refractivity contribution is 6.05. The summed E-state index contributed by atoms with van der Waals surface area (Å²) in [5, 5.41) is 5.73. The van der Waals surface area contributed by atoms with E-state index in [4.69, 9.17) is 10.5 Å². The lowest BCUT2D eigenvalue weighted by Gasteiger charge is -2.18. The van der Waals surface area contributed by atoms with Crippen LogP contribution in [0.25, 0.3) is 0 Å². The minimum Gasteiger partial charge on any atom is -0.494 e. The molecule has 0 radical (unpaired) electrons. The van der Waals surface area contributed by atoms with E-state index in [2.05, 4.69) is 15.6 Å². The summed E-state index contributed by atoms with van der Waals surface area (Å²) in [5.74, 6) is 0.356. The largest absolute Gasteiger partial charge is 0.494 e. The molecule has 1 saturated carbocycles. The first-order valence-corrected chi connectivity index (χ1v) is 9.02. The normalized spacial score (nSPS) is 18.7. The van der Waals surface area contributed by atoms with Crippen molar-refractivity contribution in [1.29, 1.82) is 0 Å². The van der Waals surface area contributed by atoms with Crippen LogP contribution in [0.3, 0.4) is 0 Å². The van der Waals surface area contributed by atoms with Gasteiger partial charge in [-0.15, -0.1) is 0 Å². The first kappa shape index (κ1) is 18.8. The van der Waals surface area contributed by atoms with Gasteiger partial charge in [0.2, 0.25) is 5.91 Å². The molecule has 0 unspecified atom stereocenters. The lowest BCUT2D eigenvalue weighted by molar-refractivity contribution is -0.120. The van der Waals surface area contributed by atoms with E-state index in [1.165, 1.54) is 13.3 Å². The number of amides is 2. The molecule has 1 aliphatic rings. The monoisotopic (exact) mass is 368 g/mol. The number of hydrogen-bond donors (Lipinski definition) is 3. The number of pyridine rings is 1. The molecule has 1 aromatic heterocycles. The van der Waals surface area contributed by atoms with E-state index < -0.39 is 0 Å². The van der Waals surface area contributed by atoms with E-state index in [0.717, 1.165) is 19.3 Å². The Morgan fingerprint density at radius 3 is 2.81 bits per heavy atom. The number of ether oxygens (including phenoxy) is 1. The van der Waals surface area contributed by atoms with Gasteiger partial charge in [-0.3, -0.25) is 14.6 Å². The summed E-state index contributed by atoms with van der Waals surface area (Å²) in [5.41, 5.74) is 7.36. The summed E-state index contributed by atoms with van der Waals surface area (Å²) in [6, 6.07) is 8.52. The average molecular weight is 368 g/mol. The number of methoxy groups -OCH3 is 1. The van der Waals surface area contributed by atoms with Crippen LogP contribution in [0.5, 0.6) is 5.75 Å². The molecule has 142 valence electrons. The van der Waals surface area contributed by atoms with E-state index in [9.17, 15) is 9.59 Å². The predicted octanol–water partition coefficient (Wildman–Crippen LogP) is 2.66. The predicted molar refractivity (Wildman–Crippen MR) is 104 cm³/mol. The molecule has 0 spiro atoms. The Kier molecular flexibility index (Phi) is 6.03. The van der Waals surface area contributed by atoms with Gasteiger partial charge in [0.1, 0.15) is 5.75 Å². The summed E-state index contributed by atoms with van der Waals surface area (Å²) in [6.45, 7) is 0.528. The second-order valence-corrected chi connectivity index (χ2v) is 6.63. The van der Waals surface area contributed by atoms with Crippen molar-refractivity contribution in [3.8, 4) is 5.75 Å². The summed E-state index contributed by atoms with van der Waals surface area (Å²) < 4.78 is 5.37. The topological polar surface area (TPSA) is 106 Å². The highest BCUT2D eigenvalue weighted by atomic mass is 16.5. The minimum absolute atomic E-state index is 0.0165. The molecule has 0 bridgehead atoms. The Morgan fingerprint density at radius 1 is 1.26 bits per heavy atom. The molecule has 7 nitrogen and oxygen atoms in total. The van der Waals surface area contributed by atoms with Crippen molar-refractivity contribution in [1.82, 2.24) is 4.98 Å². The Bertz CT molecular complexity index is 810. The fraction of sp³-hybridized carbons (Fsp3) is 0.350. The van der Waals surface area contributed by atoms with Crippen LogP contribution in [0.2, 0.25) is 0 Å². The van der Waals surface area contributed by atoms with E-state index >= 15 is 0 Å². The third-order valence-electron chi connectivity index (χ3n) is 4.94. The van der Waals surface area contributed by atoms with Gasteiger partial charge in [-0.25, -0.2) is 0 Å². The molecule has 2 amide bonds. The Balaban J connectivity index is 1.70. The van der Waals surface area contributed by atoms with Gasteiger partial charge in [0.15, 0.2) is 0 Å². The second kappa shape index (κ2) is 8.64. The number of hydrogen-bond acceptors (Lipinski definition) is 5. The van der Waals surface area contributed by atoms with Crippen molar-refractivity contribution < 1.29 is 14.3 Å². The first-order chi connectivity index (χ1) is 13.1. The summed E-state index contributed by atoms with van der Waals surface area (Å²) in [4.78, 5) is 28.8. The Morgan fingerprint density at radius 2 is 2.11 bits per heavy atom. The minimum atomic E-state index is -0.282. The summed E-state index contributed by atoms with van der Waals surface area (Å²) in [6.07, 6.45) is 5.99. The Hall–Kier alpha value is -2.93. The van der Waals surface area contributed by atoms with E-state index in [0.29, 0.717) is 29.2 Å². The maximum Gasteiger partial charge on any atom is 0.257 e. The van der Waals surface area contributed by atoms with Crippen LogP contribution in [0.4, 0.5) is 11.4 Å². The third-order valence-corrected chi connectivity index (χ3v) is 4.94. The smallest absolute Gasteiger partial charge is 0.257 e. The van der Waals surface area contributed by atoms with Gasteiger partial charge in [-0.05, 0) is 49.6 Å². The first-order valence-electron chi connectivity index (χ1n) is 9.02. The number of aromatic nitrogens is 1. The fourth-order valence-corrected chi connectivity index (χ4v) is 3.46. The van der Waals surface area contributed by atoms with E-state index in [1.807, 2.05) is 0 Å². The van der Waals surface area contributed by atoms with Crippen molar-refractivity contribution >= 4 is 23.2 Å². The third kappa shape index (κ3) is 4.43. The van der Waals surface area contributed by atoms with Crippen molar-refractivity contribution in [2.75, 3.05) is 24.3 Å². The number of rotatable bonds is 6. The van der Waals surface area contributed by atoms with Crippen LogP contribution < -0.4 is 21.1 Å². The Labute approximate surface area is 158 Å². The zero-order valence-electron chi connectivity index (χ0n) is 15.3. The zero-order chi connectivity index (χ0) is 19.2. The van der Waals surface area contributed by atoms with Gasteiger partial charge in [0, 0.05) is 30.1 Å². The molecule has 3 rings (SSSR count). The van der Waals surface area contributed by atoms with Crippen LogP contribution in [0.15, 0.2) is 42.7 Å². The van der Waals surface area contributed by atoms with Gasteiger partial charge >= 0.3 is 0 Å². The van der Waals surface area contributed by atoms with E-state index in [1.54, 1.807) is 36.5 Å². The number of carbonyl (C=O) groups is 2. The molecular formula is C20H24N4O3. The number of carbonyl (C=O) groups excluding carboxylic acids is 2. The molecule has 1 fully saturated rings. The standard InChI is InChI=1S/C20H24N4O3/c1-27-18-10-15(23-20(26)16-6-2-4-13(16)11-21)7-8-17(18)24-19(25)14-5-3-9-22-12-14/h3,5,7-10,12-13,16H,2,4,6,11,21H2,1H3,(H,23,26)(H,24,25)/t13-,16-/m1/s1. The van der Waals surface area contributed by atoms with E-state index in [-0.39, 0.29) is 23.7 Å². The number of benzene rings is 1. The summed E-state index contributed by atoms with van der Waals surface area (Å²) >= 11 is 0. The molecule has 2 atom stereocenters. The van der Waals surface area contributed by atoms with Crippen LogP contribution in [0, 0.1) is 11.8 Å². The molecule has 7 heteroatoms. The van der Waals surface area contributed by atoms with Crippen LogP contribution in [-0.2, 0) is 4.79 Å². The SMILES string of the molecule is COc1cc(NC(=O)[C@@H]2CCC[C@@H]2CN)ccc1NC(=O)c1cccnc1. The van der Waals surface area contributed by atoms with Gasteiger partial charge in [0.05, 0.1) is 18.4 Å². The van der Waals surface area contributed by atoms with Gasteiger partial charge in [0.25, 0.3) is 5.91 Å². The highest BCUT2D eigenvalue weighted by Gasteiger charge is 2.32. The molecule has 2 aromatic rings. The molecule has 1 aliphatic carbocycles. The average Bonchev–Trinajstić information content (AvgIpc) is 3.18. The number of nitrogens with two attached hydrogens (primary N) is 1. The van der Waals surface area contributed by atoms with Gasteiger partial charge < -0.3 is 21.1 Å². The van der Waals surface area contributed by atoms with Crippen molar-refractivity contribution in [3.05, 3.63) is 48.3 Å². The number of nitrogens with zero attached hydrogens (tertiary/aromatic N) is 1. The maximum absolute atomic E-state index is 12.5. The fourth-order valence-electron chi connectivity index (χ4n) is 3.46. The highest BCUT2D eigenvalue weighted by Crippen LogP contribution is 2.33. The van der Waals surface area contributed by atoms with Crippen molar-refractivity contribution in [3.63, 3.8) is 0 Å². The van der Waals surface area contributed by atoms with Crippen LogP contribution >= 0.6 is 0 Å². The van der Waals surface area contributed by atoms with Crippen LogP contribution in [0.1, 0.15) is 29.6 Å². The number of anilines is 2. The second-order valence-electron chi connectivity index (χ2n) is 6.63. The molecule has 0 saturated heterocycles. The van der Waals surface area contributed by atoms with Crippen molar-refractivity contribution in [2.45, 2.75) is 19.3 Å². The van der Waals surface area contributed by atoms with Gasteiger partial charge in [-0.2, -0.15) is 0 Å². The molecule has 1 heterocycles. The lowest BCUT2D eigenvalue weighted by Crippen LogP contribution is -2.29. The maximum atomic E-state index is 12.5. The lowest BCUT2D eigenvalue weighted by atomic mass is 9.95. The molecule has 0 aliphatic heterocycles. The molecule has 27 heavy (non-hydrogen) atoms.